The highest BCUT2D eigenvalue weighted by atomic mass is 35.5. The molecule has 0 spiro atoms. The van der Waals surface area contributed by atoms with Crippen molar-refractivity contribution in [3.63, 3.8) is 0 Å². The molecule has 1 aliphatic heterocycles. The number of carbonyl (C=O) groups is 1. The Kier molecular flexibility index (Phi) is 5.57. The molecule has 2 heterocycles. The first-order valence-corrected chi connectivity index (χ1v) is 10.9. The van der Waals surface area contributed by atoms with Crippen LogP contribution >= 0.6 is 11.6 Å². The van der Waals surface area contributed by atoms with E-state index in [2.05, 4.69) is 5.32 Å². The molecule has 0 bridgehead atoms. The maximum absolute atomic E-state index is 13.6. The van der Waals surface area contributed by atoms with Gasteiger partial charge in [0.2, 0.25) is 0 Å². The highest BCUT2D eigenvalue weighted by molar-refractivity contribution is 6.30. The smallest absolute Gasteiger partial charge is 0.318 e. The molecule has 0 saturated heterocycles. The van der Waals surface area contributed by atoms with Crippen LogP contribution in [-0.2, 0) is 12.7 Å². The predicted octanol–water partition coefficient (Wildman–Crippen LogP) is 7.29. The fraction of sp³-hybridized carbons (Fsp3) is 0.115. The monoisotopic (exact) mass is 481 g/mol. The van der Waals surface area contributed by atoms with Crippen LogP contribution in [0.15, 0.2) is 91.1 Å². The summed E-state index contributed by atoms with van der Waals surface area (Å²) in [6.45, 7) is 0.250. The van der Waals surface area contributed by atoms with E-state index in [1.165, 1.54) is 12.1 Å². The molecule has 8 heteroatoms. The molecule has 4 nitrogen and oxygen atoms in total. The van der Waals surface area contributed by atoms with Gasteiger partial charge in [-0.1, -0.05) is 48.0 Å². The Balaban J connectivity index is 1.60. The quantitative estimate of drug-likeness (QED) is 0.321. The fourth-order valence-corrected chi connectivity index (χ4v) is 4.53. The first-order valence-electron chi connectivity index (χ1n) is 10.6. The Bertz CT molecular complexity index is 1370. The van der Waals surface area contributed by atoms with Crippen molar-refractivity contribution in [2.75, 3.05) is 5.32 Å². The number of hydrogen-bond acceptors (Lipinski definition) is 1. The van der Waals surface area contributed by atoms with Crippen LogP contribution in [0.2, 0.25) is 5.02 Å². The molecule has 5 rings (SSSR count). The number of anilines is 1. The standard InChI is InChI=1S/C26H19ClF3N3O/c27-20-9-3-7-17(14-20)24-23-12-5-13-32(23)22-11-2-1-6-18(22)16-33(24)25(34)31-21-10-4-8-19(15-21)26(28,29)30/h1-15,24H,16H2,(H,31,34)/t24-/m1/s1. The summed E-state index contributed by atoms with van der Waals surface area (Å²) in [5.74, 6) is 0. The molecule has 0 fully saturated rings. The molecule has 0 aliphatic carbocycles. The molecule has 1 N–H and O–H groups in total. The topological polar surface area (TPSA) is 37.3 Å². The second-order valence-electron chi connectivity index (χ2n) is 8.03. The van der Waals surface area contributed by atoms with E-state index >= 15 is 0 Å². The second-order valence-corrected chi connectivity index (χ2v) is 8.46. The molecule has 4 aromatic rings. The fourth-order valence-electron chi connectivity index (χ4n) is 4.34. The van der Waals surface area contributed by atoms with E-state index < -0.39 is 23.8 Å². The largest absolute Gasteiger partial charge is 0.416 e. The third kappa shape index (κ3) is 4.15. The lowest BCUT2D eigenvalue weighted by Gasteiger charge is -2.31. The first kappa shape index (κ1) is 22.1. The van der Waals surface area contributed by atoms with Crippen molar-refractivity contribution in [1.82, 2.24) is 9.47 Å². The van der Waals surface area contributed by atoms with Crippen molar-refractivity contribution < 1.29 is 18.0 Å². The molecule has 0 radical (unpaired) electrons. The third-order valence-electron chi connectivity index (χ3n) is 5.83. The number of amides is 2. The van der Waals surface area contributed by atoms with E-state index in [0.717, 1.165) is 34.6 Å². The number of fused-ring (bicyclic) bond motifs is 3. The summed E-state index contributed by atoms with van der Waals surface area (Å²) in [7, 11) is 0. The van der Waals surface area contributed by atoms with Crippen LogP contribution in [0.5, 0.6) is 0 Å². The lowest BCUT2D eigenvalue weighted by atomic mass is 10.0. The number of rotatable bonds is 2. The van der Waals surface area contributed by atoms with Crippen LogP contribution in [0, 0.1) is 0 Å². The molecular weight excluding hydrogens is 463 g/mol. The van der Waals surface area contributed by atoms with Crippen molar-refractivity contribution in [2.24, 2.45) is 0 Å². The van der Waals surface area contributed by atoms with Crippen LogP contribution in [0.1, 0.15) is 28.4 Å². The predicted molar refractivity (Wildman–Crippen MR) is 125 cm³/mol. The van der Waals surface area contributed by atoms with E-state index in [9.17, 15) is 18.0 Å². The lowest BCUT2D eigenvalue weighted by molar-refractivity contribution is -0.137. The number of aromatic nitrogens is 1. The SMILES string of the molecule is O=C(Nc1cccc(C(F)(F)F)c1)N1Cc2ccccc2-n2cccc2[C@H]1c1cccc(Cl)c1. The summed E-state index contributed by atoms with van der Waals surface area (Å²) < 4.78 is 41.6. The molecule has 1 atom stereocenters. The van der Waals surface area contributed by atoms with Gasteiger partial charge in [0, 0.05) is 22.6 Å². The zero-order valence-electron chi connectivity index (χ0n) is 17.8. The number of nitrogens with zero attached hydrogens (tertiary/aromatic N) is 2. The molecule has 172 valence electrons. The maximum Gasteiger partial charge on any atom is 0.416 e. The zero-order valence-corrected chi connectivity index (χ0v) is 18.5. The number of carbonyl (C=O) groups excluding carboxylic acids is 1. The summed E-state index contributed by atoms with van der Waals surface area (Å²) in [6.07, 6.45) is -2.58. The summed E-state index contributed by atoms with van der Waals surface area (Å²) in [6, 6.07) is 22.4. The van der Waals surface area contributed by atoms with Crippen molar-refractivity contribution in [3.8, 4) is 5.69 Å². The van der Waals surface area contributed by atoms with Crippen molar-refractivity contribution in [2.45, 2.75) is 18.8 Å². The normalized spacial score (nSPS) is 15.3. The molecular formula is C26H19ClF3N3O. The van der Waals surface area contributed by atoms with Crippen molar-refractivity contribution >= 4 is 23.3 Å². The second kappa shape index (κ2) is 8.57. The van der Waals surface area contributed by atoms with Gasteiger partial charge >= 0.3 is 12.2 Å². The summed E-state index contributed by atoms with van der Waals surface area (Å²) in [5.41, 5.74) is 2.71. The summed E-state index contributed by atoms with van der Waals surface area (Å²) in [5, 5.41) is 3.19. The molecule has 1 aliphatic rings. The average Bonchev–Trinajstić information content (AvgIpc) is 3.23. The van der Waals surface area contributed by atoms with E-state index in [1.54, 1.807) is 17.0 Å². The van der Waals surface area contributed by atoms with Crippen LogP contribution in [-0.4, -0.2) is 15.5 Å². The molecule has 0 unspecified atom stereocenters. The number of hydrogen-bond donors (Lipinski definition) is 1. The zero-order chi connectivity index (χ0) is 23.9. The van der Waals surface area contributed by atoms with Crippen LogP contribution < -0.4 is 5.32 Å². The minimum Gasteiger partial charge on any atom is -0.318 e. The van der Waals surface area contributed by atoms with Crippen LogP contribution in [0.25, 0.3) is 5.69 Å². The molecule has 3 aromatic carbocycles. The van der Waals surface area contributed by atoms with Crippen LogP contribution in [0.4, 0.5) is 23.7 Å². The first-order chi connectivity index (χ1) is 16.3. The third-order valence-corrected chi connectivity index (χ3v) is 6.07. The van der Waals surface area contributed by atoms with Gasteiger partial charge < -0.3 is 14.8 Å². The van der Waals surface area contributed by atoms with Gasteiger partial charge in [0.1, 0.15) is 0 Å². The summed E-state index contributed by atoms with van der Waals surface area (Å²) in [4.78, 5) is 15.2. The molecule has 0 saturated carbocycles. The number of alkyl halides is 3. The van der Waals surface area contributed by atoms with E-state index in [0.29, 0.717) is 5.02 Å². The minimum absolute atomic E-state index is 0.0672. The van der Waals surface area contributed by atoms with E-state index in [-0.39, 0.29) is 12.2 Å². The Morgan fingerprint density at radius 1 is 0.941 bits per heavy atom. The van der Waals surface area contributed by atoms with E-state index in [4.69, 9.17) is 11.6 Å². The Hall–Kier alpha value is -3.71. The van der Waals surface area contributed by atoms with Gasteiger partial charge in [-0.05, 0) is 59.7 Å². The van der Waals surface area contributed by atoms with Gasteiger partial charge in [-0.2, -0.15) is 13.2 Å². The summed E-state index contributed by atoms with van der Waals surface area (Å²) >= 11 is 6.28. The number of para-hydroxylation sites is 1. The molecule has 2 amide bonds. The van der Waals surface area contributed by atoms with Gasteiger partial charge in [0.05, 0.1) is 23.8 Å². The van der Waals surface area contributed by atoms with Crippen LogP contribution in [0.3, 0.4) is 0 Å². The van der Waals surface area contributed by atoms with Gasteiger partial charge in [-0.15, -0.1) is 0 Å². The molecule has 1 aromatic heterocycles. The van der Waals surface area contributed by atoms with Crippen molar-refractivity contribution in [3.05, 3.63) is 119 Å². The number of benzene rings is 3. The van der Waals surface area contributed by atoms with Crippen molar-refractivity contribution in [1.29, 1.82) is 0 Å². The Morgan fingerprint density at radius 2 is 1.74 bits per heavy atom. The number of halogens is 4. The van der Waals surface area contributed by atoms with Gasteiger partial charge in [0.15, 0.2) is 0 Å². The van der Waals surface area contributed by atoms with Gasteiger partial charge in [0.25, 0.3) is 0 Å². The Labute approximate surface area is 199 Å². The highest BCUT2D eigenvalue weighted by Gasteiger charge is 2.34. The minimum atomic E-state index is -4.51. The van der Waals surface area contributed by atoms with Gasteiger partial charge in [-0.3, -0.25) is 0 Å². The Morgan fingerprint density at radius 3 is 2.53 bits per heavy atom. The van der Waals surface area contributed by atoms with Gasteiger partial charge in [-0.25, -0.2) is 4.79 Å². The average molecular weight is 482 g/mol. The van der Waals surface area contributed by atoms with E-state index in [1.807, 2.05) is 59.3 Å². The number of nitrogens with one attached hydrogen (secondary N) is 1. The lowest BCUT2D eigenvalue weighted by Crippen LogP contribution is -2.38. The highest BCUT2D eigenvalue weighted by Crippen LogP contribution is 2.38. The number of urea groups is 1. The maximum atomic E-state index is 13.6. The molecule has 34 heavy (non-hydrogen) atoms.